The second kappa shape index (κ2) is 12.2. The first-order valence-electron chi connectivity index (χ1n) is 14.0. The van der Waals surface area contributed by atoms with Crippen LogP contribution in [0.4, 0.5) is 0 Å². The first-order chi connectivity index (χ1) is 19.5. The van der Waals surface area contributed by atoms with E-state index >= 15 is 0 Å². The molecular weight excluding hydrogens is 556 g/mol. The topological polar surface area (TPSA) is 88.5 Å². The number of carbonyl (C=O) groups is 2. The maximum absolute atomic E-state index is 13.3. The highest BCUT2D eigenvalue weighted by Crippen LogP contribution is 2.33. The third-order valence-corrected chi connectivity index (χ3v) is 8.92. The van der Waals surface area contributed by atoms with Crippen molar-refractivity contribution in [3.8, 4) is 11.5 Å². The summed E-state index contributed by atoms with van der Waals surface area (Å²) in [5.74, 6) is 0.355. The van der Waals surface area contributed by atoms with Gasteiger partial charge in [-0.2, -0.15) is 0 Å². The van der Waals surface area contributed by atoms with Crippen molar-refractivity contribution in [3.05, 3.63) is 86.8 Å². The van der Waals surface area contributed by atoms with Crippen LogP contribution in [0.3, 0.4) is 0 Å². The van der Waals surface area contributed by atoms with E-state index in [-0.39, 0.29) is 17.5 Å². The summed E-state index contributed by atoms with van der Waals surface area (Å²) in [4.78, 5) is 30.9. The molecular formula is C33H35ClN2O4S. The van der Waals surface area contributed by atoms with Crippen LogP contribution in [0.5, 0.6) is 11.5 Å². The molecule has 0 bridgehead atoms. The number of rotatable bonds is 9. The average molecular weight is 591 g/mol. The van der Waals surface area contributed by atoms with Crippen LogP contribution in [0.25, 0.3) is 10.8 Å². The Morgan fingerprint density at radius 2 is 1.76 bits per heavy atom. The van der Waals surface area contributed by atoms with Crippen LogP contribution in [0.2, 0.25) is 4.34 Å². The van der Waals surface area contributed by atoms with Crippen molar-refractivity contribution in [1.82, 2.24) is 10.3 Å². The zero-order valence-electron chi connectivity index (χ0n) is 23.6. The quantitative estimate of drug-likeness (QED) is 0.205. The van der Waals surface area contributed by atoms with Gasteiger partial charge in [0.15, 0.2) is 0 Å². The zero-order chi connectivity index (χ0) is 29.1. The SMILES string of the molecule is CC(C)(C)c1ccc(Oc2ccc3cc(C(=O)N[C@H](Cc4ccc(Cl)s4)C(=O)O)nc(CC4CCCC4)c3c2)cc1. The molecule has 4 aromatic rings. The highest BCUT2D eigenvalue weighted by molar-refractivity contribution is 7.16. The van der Waals surface area contributed by atoms with Gasteiger partial charge in [0.25, 0.3) is 5.91 Å². The standard InChI is InChI=1S/C33H35ClN2O4S/c1-33(2,3)22-9-12-23(13-10-22)40-24-11-8-21-17-28(35-27(26(21)18-24)16-20-6-4-5-7-20)31(37)36-29(32(38)39)19-25-14-15-30(34)41-25/h8-15,17-18,20,29H,4-7,16,19H2,1-3H3,(H,36,37)(H,38,39)/t29-/m1/s1. The lowest BCUT2D eigenvalue weighted by molar-refractivity contribution is -0.139. The van der Waals surface area contributed by atoms with E-state index in [9.17, 15) is 14.7 Å². The third-order valence-electron chi connectivity index (χ3n) is 7.67. The van der Waals surface area contributed by atoms with Gasteiger partial charge in [0.2, 0.25) is 0 Å². The van der Waals surface area contributed by atoms with Crippen LogP contribution >= 0.6 is 22.9 Å². The van der Waals surface area contributed by atoms with E-state index in [4.69, 9.17) is 21.3 Å². The van der Waals surface area contributed by atoms with Crippen molar-refractivity contribution < 1.29 is 19.4 Å². The maximum Gasteiger partial charge on any atom is 0.326 e. The van der Waals surface area contributed by atoms with Crippen molar-refractivity contribution in [2.24, 2.45) is 5.92 Å². The molecule has 2 aromatic heterocycles. The lowest BCUT2D eigenvalue weighted by Crippen LogP contribution is -2.42. The number of fused-ring (bicyclic) bond motifs is 1. The van der Waals surface area contributed by atoms with Gasteiger partial charge >= 0.3 is 5.97 Å². The van der Waals surface area contributed by atoms with E-state index in [0.717, 1.165) is 46.4 Å². The smallest absolute Gasteiger partial charge is 0.326 e. The molecule has 0 unspecified atom stereocenters. The lowest BCUT2D eigenvalue weighted by Gasteiger charge is -2.19. The molecule has 5 rings (SSSR count). The van der Waals surface area contributed by atoms with Crippen LogP contribution in [-0.2, 0) is 23.1 Å². The summed E-state index contributed by atoms with van der Waals surface area (Å²) < 4.78 is 6.79. The largest absolute Gasteiger partial charge is 0.480 e. The number of halogens is 1. The van der Waals surface area contributed by atoms with Gasteiger partial charge in [-0.15, -0.1) is 11.3 Å². The molecule has 0 saturated heterocycles. The summed E-state index contributed by atoms with van der Waals surface area (Å²) in [6, 6.07) is 18.1. The average Bonchev–Trinajstić information content (AvgIpc) is 3.59. The van der Waals surface area contributed by atoms with Gasteiger partial charge in [0, 0.05) is 22.4 Å². The second-order valence-electron chi connectivity index (χ2n) is 11.8. The molecule has 1 atom stereocenters. The fraction of sp³-hybridized carbons (Fsp3) is 0.364. The van der Waals surface area contributed by atoms with Gasteiger partial charge in [-0.1, -0.05) is 76.3 Å². The first-order valence-corrected chi connectivity index (χ1v) is 15.2. The molecule has 1 aliphatic rings. The molecule has 2 heterocycles. The minimum Gasteiger partial charge on any atom is -0.480 e. The van der Waals surface area contributed by atoms with Gasteiger partial charge in [-0.05, 0) is 71.2 Å². The van der Waals surface area contributed by atoms with Crippen LogP contribution in [0.1, 0.15) is 73.1 Å². The number of aliphatic carboxylic acids is 1. The number of benzene rings is 2. The predicted molar refractivity (Wildman–Crippen MR) is 165 cm³/mol. The Labute approximate surface area is 249 Å². The second-order valence-corrected chi connectivity index (χ2v) is 13.6. The molecule has 0 radical (unpaired) electrons. The van der Waals surface area contributed by atoms with Crippen molar-refractivity contribution in [2.75, 3.05) is 0 Å². The van der Waals surface area contributed by atoms with Crippen LogP contribution in [0, 0.1) is 5.92 Å². The normalized spacial score (nSPS) is 14.7. The molecule has 2 N–H and O–H groups in total. The molecule has 8 heteroatoms. The van der Waals surface area contributed by atoms with E-state index < -0.39 is 17.9 Å². The number of ether oxygens (including phenoxy) is 1. The number of carboxylic acids is 1. The molecule has 1 aliphatic carbocycles. The Morgan fingerprint density at radius 3 is 2.39 bits per heavy atom. The molecule has 214 valence electrons. The first kappa shape index (κ1) is 29.1. The fourth-order valence-electron chi connectivity index (χ4n) is 5.37. The number of aromatic nitrogens is 1. The van der Waals surface area contributed by atoms with E-state index in [2.05, 4.69) is 38.2 Å². The van der Waals surface area contributed by atoms with Crippen molar-refractivity contribution in [1.29, 1.82) is 0 Å². The highest BCUT2D eigenvalue weighted by Gasteiger charge is 2.25. The molecule has 6 nitrogen and oxygen atoms in total. The molecule has 0 spiro atoms. The molecule has 41 heavy (non-hydrogen) atoms. The van der Waals surface area contributed by atoms with Gasteiger partial charge in [-0.3, -0.25) is 4.79 Å². The summed E-state index contributed by atoms with van der Waals surface area (Å²) >= 11 is 7.32. The Kier molecular flexibility index (Phi) is 8.66. The summed E-state index contributed by atoms with van der Waals surface area (Å²) in [6.45, 7) is 6.55. The number of carboxylic acid groups (broad SMARTS) is 1. The van der Waals surface area contributed by atoms with Crippen LogP contribution < -0.4 is 10.1 Å². The molecule has 1 amide bonds. The number of carbonyl (C=O) groups excluding carboxylic acids is 1. The van der Waals surface area contributed by atoms with Gasteiger partial charge < -0.3 is 15.2 Å². The molecule has 2 aromatic carbocycles. The number of pyridine rings is 1. The molecule has 0 aliphatic heterocycles. The Morgan fingerprint density at radius 1 is 1.05 bits per heavy atom. The number of nitrogens with zero attached hydrogens (tertiary/aromatic N) is 1. The van der Waals surface area contributed by atoms with E-state index in [1.54, 1.807) is 18.2 Å². The minimum absolute atomic E-state index is 0.0639. The zero-order valence-corrected chi connectivity index (χ0v) is 25.1. The fourth-order valence-corrected chi connectivity index (χ4v) is 6.51. The van der Waals surface area contributed by atoms with Crippen molar-refractivity contribution >= 4 is 45.6 Å². The maximum atomic E-state index is 13.3. The van der Waals surface area contributed by atoms with Crippen molar-refractivity contribution in [3.63, 3.8) is 0 Å². The van der Waals surface area contributed by atoms with Crippen LogP contribution in [-0.4, -0.2) is 28.0 Å². The molecule has 1 saturated carbocycles. The van der Waals surface area contributed by atoms with Crippen molar-refractivity contribution in [2.45, 2.75) is 70.8 Å². The summed E-state index contributed by atoms with van der Waals surface area (Å²) in [6.07, 6.45) is 5.60. The number of nitrogens with one attached hydrogen (secondary N) is 1. The lowest BCUT2D eigenvalue weighted by atomic mass is 9.87. The Balaban J connectivity index is 1.42. The van der Waals surface area contributed by atoms with Gasteiger partial charge in [0.05, 0.1) is 4.34 Å². The minimum atomic E-state index is -1.10. The van der Waals surface area contributed by atoms with Crippen LogP contribution in [0.15, 0.2) is 60.7 Å². The monoisotopic (exact) mass is 590 g/mol. The van der Waals surface area contributed by atoms with E-state index in [0.29, 0.717) is 16.0 Å². The predicted octanol–water partition coefficient (Wildman–Crippen LogP) is 8.20. The Hall–Kier alpha value is -3.42. The number of hydrogen-bond donors (Lipinski definition) is 2. The molecule has 1 fully saturated rings. The summed E-state index contributed by atoms with van der Waals surface area (Å²) in [5, 5.41) is 14.3. The summed E-state index contributed by atoms with van der Waals surface area (Å²) in [7, 11) is 0. The Bertz CT molecular complexity index is 1550. The van der Waals surface area contributed by atoms with E-state index in [1.165, 1.54) is 29.7 Å². The summed E-state index contributed by atoms with van der Waals surface area (Å²) in [5.41, 5.74) is 2.35. The van der Waals surface area contributed by atoms with Gasteiger partial charge in [-0.25, -0.2) is 9.78 Å². The van der Waals surface area contributed by atoms with Gasteiger partial charge in [0.1, 0.15) is 23.2 Å². The number of thiophene rings is 1. The number of hydrogen-bond acceptors (Lipinski definition) is 5. The number of amides is 1. The van der Waals surface area contributed by atoms with E-state index in [1.807, 2.05) is 30.3 Å². The highest BCUT2D eigenvalue weighted by atomic mass is 35.5. The third kappa shape index (κ3) is 7.27.